The van der Waals surface area contributed by atoms with Crippen molar-refractivity contribution in [1.82, 2.24) is 9.97 Å². The molecular formula is C35H34N2O7S. The van der Waals surface area contributed by atoms with Crippen molar-refractivity contribution in [2.24, 2.45) is 0 Å². The number of carboxylic acids is 1. The monoisotopic (exact) mass is 626 g/mol. The van der Waals surface area contributed by atoms with Crippen LogP contribution in [0.5, 0.6) is 17.4 Å². The van der Waals surface area contributed by atoms with Crippen LogP contribution in [0.15, 0.2) is 65.7 Å². The first-order chi connectivity index (χ1) is 21.3. The maximum Gasteiger partial charge on any atom is 0.307 e. The van der Waals surface area contributed by atoms with E-state index in [1.54, 1.807) is 36.5 Å². The Hall–Kier alpha value is -4.70. The molecule has 0 aliphatic carbocycles. The summed E-state index contributed by atoms with van der Waals surface area (Å²) in [5, 5.41) is 11.6. The zero-order chi connectivity index (χ0) is 32.1. The molecular weight excluding hydrogens is 592 g/mol. The lowest BCUT2D eigenvalue weighted by Gasteiger charge is -2.28. The van der Waals surface area contributed by atoms with Gasteiger partial charge in [0.15, 0.2) is 9.84 Å². The summed E-state index contributed by atoms with van der Waals surface area (Å²) in [6.45, 7) is 8.28. The summed E-state index contributed by atoms with van der Waals surface area (Å²) >= 11 is 0. The number of hydrogen-bond acceptors (Lipinski definition) is 8. The van der Waals surface area contributed by atoms with Crippen LogP contribution >= 0.6 is 0 Å². The number of hydrogen-bond donors (Lipinski definition) is 1. The molecule has 0 bridgehead atoms. The molecule has 1 aliphatic rings. The number of benzene rings is 3. The molecule has 0 atom stereocenters. The van der Waals surface area contributed by atoms with E-state index in [4.69, 9.17) is 24.2 Å². The van der Waals surface area contributed by atoms with Crippen molar-refractivity contribution in [2.75, 3.05) is 12.9 Å². The van der Waals surface area contributed by atoms with Gasteiger partial charge in [-0.15, -0.1) is 0 Å². The number of carboxylic acid groups (broad SMARTS) is 1. The summed E-state index contributed by atoms with van der Waals surface area (Å²) < 4.78 is 43.2. The molecule has 5 aromatic rings. The van der Waals surface area contributed by atoms with Gasteiger partial charge in [0, 0.05) is 52.9 Å². The van der Waals surface area contributed by atoms with Crippen molar-refractivity contribution in [3.05, 3.63) is 83.0 Å². The minimum Gasteiger partial charge on any atom is -0.492 e. The smallest absolute Gasteiger partial charge is 0.307 e. The van der Waals surface area contributed by atoms with Gasteiger partial charge in [0.25, 0.3) is 0 Å². The van der Waals surface area contributed by atoms with Crippen molar-refractivity contribution in [1.29, 1.82) is 0 Å². The molecule has 0 saturated carbocycles. The summed E-state index contributed by atoms with van der Waals surface area (Å²) in [6.07, 6.45) is 3.45. The van der Waals surface area contributed by atoms with Crippen molar-refractivity contribution < 1.29 is 32.5 Å². The van der Waals surface area contributed by atoms with E-state index in [2.05, 4.69) is 0 Å². The van der Waals surface area contributed by atoms with E-state index < -0.39 is 21.4 Å². The predicted molar refractivity (Wildman–Crippen MR) is 172 cm³/mol. The summed E-state index contributed by atoms with van der Waals surface area (Å²) in [5.41, 5.74) is 5.03. The summed E-state index contributed by atoms with van der Waals surface area (Å²) in [5.74, 6) is 0.556. The zero-order valence-corrected chi connectivity index (χ0v) is 26.6. The van der Waals surface area contributed by atoms with Crippen molar-refractivity contribution >= 4 is 37.6 Å². The minimum atomic E-state index is -3.44. The fourth-order valence-electron chi connectivity index (χ4n) is 5.90. The van der Waals surface area contributed by atoms with Gasteiger partial charge in [-0.05, 0) is 68.7 Å². The van der Waals surface area contributed by atoms with Crippen molar-refractivity contribution in [3.63, 3.8) is 0 Å². The second-order valence-electron chi connectivity index (χ2n) is 12.3. The van der Waals surface area contributed by atoms with Crippen LogP contribution in [0.3, 0.4) is 0 Å². The van der Waals surface area contributed by atoms with Gasteiger partial charge >= 0.3 is 5.97 Å². The van der Waals surface area contributed by atoms with Crippen LogP contribution in [-0.4, -0.2) is 47.9 Å². The van der Waals surface area contributed by atoms with Gasteiger partial charge in [-0.25, -0.2) is 13.4 Å². The van der Waals surface area contributed by atoms with Crippen LogP contribution in [0.2, 0.25) is 0 Å². The lowest BCUT2D eigenvalue weighted by Crippen LogP contribution is -2.24. The number of aryl methyl sites for hydroxylation is 1. The molecule has 2 aromatic heterocycles. The van der Waals surface area contributed by atoms with Crippen LogP contribution in [0.25, 0.3) is 32.9 Å². The highest BCUT2D eigenvalue weighted by molar-refractivity contribution is 7.90. The third kappa shape index (κ3) is 6.02. The topological polar surface area (TPSA) is 125 Å². The highest BCUT2D eigenvalue weighted by Crippen LogP contribution is 2.48. The molecule has 232 valence electrons. The number of pyridine rings is 2. The fraction of sp³-hybridized carbons (Fsp3) is 0.286. The molecule has 10 heteroatoms. The number of sulfone groups is 1. The van der Waals surface area contributed by atoms with E-state index in [1.165, 1.54) is 6.26 Å². The molecule has 0 amide bonds. The van der Waals surface area contributed by atoms with Crippen LogP contribution < -0.4 is 14.2 Å². The Morgan fingerprint density at radius 3 is 2.58 bits per heavy atom. The minimum absolute atomic E-state index is 0.00700. The van der Waals surface area contributed by atoms with E-state index >= 15 is 0 Å². The van der Waals surface area contributed by atoms with Crippen LogP contribution in [0.1, 0.15) is 43.0 Å². The van der Waals surface area contributed by atoms with E-state index in [0.717, 1.165) is 22.9 Å². The first kappa shape index (κ1) is 30.3. The number of nitrogens with zero attached hydrogens (tertiary/aromatic N) is 2. The first-order valence-corrected chi connectivity index (χ1v) is 16.5. The fourth-order valence-corrected chi connectivity index (χ4v) is 6.83. The van der Waals surface area contributed by atoms with Gasteiger partial charge in [-0.1, -0.05) is 18.2 Å². The Kier molecular flexibility index (Phi) is 7.64. The Balaban J connectivity index is 1.57. The highest BCUT2D eigenvalue weighted by Gasteiger charge is 2.28. The largest absolute Gasteiger partial charge is 0.492 e. The normalized spacial score (nSPS) is 13.1. The summed E-state index contributed by atoms with van der Waals surface area (Å²) in [6, 6.07) is 16.0. The van der Waals surface area contributed by atoms with Gasteiger partial charge in [0.1, 0.15) is 23.7 Å². The number of aromatic nitrogens is 2. The molecule has 3 heterocycles. The Morgan fingerprint density at radius 2 is 1.84 bits per heavy atom. The van der Waals surface area contributed by atoms with E-state index in [-0.39, 0.29) is 17.9 Å². The maximum atomic E-state index is 12.3. The van der Waals surface area contributed by atoms with E-state index in [0.29, 0.717) is 62.7 Å². The molecule has 6 rings (SSSR count). The number of ether oxygens (including phenoxy) is 3. The maximum absolute atomic E-state index is 12.3. The lowest BCUT2D eigenvalue weighted by atomic mass is 9.87. The number of carbonyl (C=O) groups is 1. The number of fused-ring (bicyclic) bond motifs is 1. The third-order valence-corrected chi connectivity index (χ3v) is 8.90. The molecule has 0 fully saturated rings. The first-order valence-electron chi connectivity index (χ1n) is 14.6. The molecule has 1 aliphatic heterocycles. The summed E-state index contributed by atoms with van der Waals surface area (Å²) in [7, 11) is -3.44. The Morgan fingerprint density at radius 1 is 1.07 bits per heavy atom. The van der Waals surface area contributed by atoms with Crippen LogP contribution in [0.4, 0.5) is 0 Å². The molecule has 0 spiro atoms. The van der Waals surface area contributed by atoms with Gasteiger partial charge in [0.2, 0.25) is 5.88 Å². The Labute approximate surface area is 261 Å². The number of rotatable bonds is 8. The third-order valence-electron chi connectivity index (χ3n) is 7.70. The average molecular weight is 627 g/mol. The van der Waals surface area contributed by atoms with Gasteiger partial charge in [-0.3, -0.25) is 9.78 Å². The van der Waals surface area contributed by atoms with E-state index in [1.807, 2.05) is 52.0 Å². The Bertz CT molecular complexity index is 2100. The van der Waals surface area contributed by atoms with Gasteiger partial charge < -0.3 is 19.3 Å². The molecule has 0 unspecified atom stereocenters. The molecule has 0 radical (unpaired) electrons. The quantitative estimate of drug-likeness (QED) is 0.206. The standard InChI is InChI=1S/C35H34N2O7S/c1-20-16-25-23(10-11-29(37-25)43-19-22-8-6-7-9-28(22)45(5,40)41)32(24(20)17-30(38)39)33-27(44-35(2,3)4)18-26-31-21(13-15-42-26)12-14-36-34(31)33/h6-12,14,16,18H,13,15,17,19H2,1-5H3,(H,38,39). The predicted octanol–water partition coefficient (Wildman–Crippen LogP) is 6.48. The lowest BCUT2D eigenvalue weighted by molar-refractivity contribution is -0.136. The summed E-state index contributed by atoms with van der Waals surface area (Å²) in [4.78, 5) is 22.0. The average Bonchev–Trinajstić information content (AvgIpc) is 2.96. The van der Waals surface area contributed by atoms with Crippen LogP contribution in [0, 0.1) is 6.92 Å². The molecule has 9 nitrogen and oxygen atoms in total. The van der Waals surface area contributed by atoms with Gasteiger partial charge in [-0.2, -0.15) is 0 Å². The zero-order valence-electron chi connectivity index (χ0n) is 25.8. The molecule has 1 N–H and O–H groups in total. The molecule has 0 saturated heterocycles. The van der Waals surface area contributed by atoms with Crippen molar-refractivity contribution in [2.45, 2.75) is 57.6 Å². The number of aliphatic carboxylic acids is 1. The molecule has 45 heavy (non-hydrogen) atoms. The second-order valence-corrected chi connectivity index (χ2v) is 14.2. The second kappa shape index (κ2) is 11.3. The molecule has 3 aromatic carbocycles. The van der Waals surface area contributed by atoms with Gasteiger partial charge in [0.05, 0.1) is 34.5 Å². The SMILES string of the molecule is Cc1cc2nc(OCc3ccccc3S(C)(=O)=O)ccc2c(-c2c(OC(C)(C)C)cc3c4c(ccnc24)CCO3)c1CC(=O)O. The van der Waals surface area contributed by atoms with E-state index in [9.17, 15) is 18.3 Å². The van der Waals surface area contributed by atoms with Crippen LogP contribution in [-0.2, 0) is 34.1 Å². The van der Waals surface area contributed by atoms with Crippen molar-refractivity contribution in [3.8, 4) is 28.5 Å². The highest BCUT2D eigenvalue weighted by atomic mass is 32.2.